The van der Waals surface area contributed by atoms with Crippen LogP contribution >= 0.6 is 12.2 Å². The molecule has 120 valence electrons. The average molecular weight is 315 g/mol. The second-order valence-electron chi connectivity index (χ2n) is 5.78. The van der Waals surface area contributed by atoms with Gasteiger partial charge in [0, 0.05) is 25.2 Å². The van der Waals surface area contributed by atoms with Crippen molar-refractivity contribution in [1.82, 2.24) is 5.43 Å². The maximum atomic E-state index is 11.8. The Hall–Kier alpha value is -1.21. The van der Waals surface area contributed by atoms with E-state index in [-0.39, 0.29) is 23.1 Å². The van der Waals surface area contributed by atoms with E-state index in [1.54, 1.807) is 0 Å². The van der Waals surface area contributed by atoms with Crippen molar-refractivity contribution in [3.63, 3.8) is 0 Å². The highest BCUT2D eigenvalue weighted by atomic mass is 32.1. The average Bonchev–Trinajstić information content (AvgIpc) is 2.73. The number of thiocarbonyl (C=S) groups is 1. The maximum absolute atomic E-state index is 11.8. The normalized spacial score (nSPS) is 22.5. The number of hydrogen-bond acceptors (Lipinski definition) is 5. The summed E-state index contributed by atoms with van der Waals surface area (Å²) in [6.07, 6.45) is 2.07. The number of cyclic esters (lactones) is 1. The van der Waals surface area contributed by atoms with E-state index in [1.807, 2.05) is 6.92 Å². The zero-order valence-electron chi connectivity index (χ0n) is 12.9. The van der Waals surface area contributed by atoms with Crippen molar-refractivity contribution in [1.29, 1.82) is 0 Å². The molecular weight excluding hydrogens is 290 g/mol. The van der Waals surface area contributed by atoms with Crippen LogP contribution in [0.3, 0.4) is 0 Å². The van der Waals surface area contributed by atoms with Gasteiger partial charge in [0.15, 0.2) is 5.11 Å². The summed E-state index contributed by atoms with van der Waals surface area (Å²) in [5, 5.41) is 4.11. The third-order valence-electron chi connectivity index (χ3n) is 3.21. The Morgan fingerprint density at radius 2 is 2.33 bits per heavy atom. The highest BCUT2D eigenvalue weighted by Crippen LogP contribution is 2.24. The van der Waals surface area contributed by atoms with Crippen LogP contribution in [0.5, 0.6) is 0 Å². The zero-order chi connectivity index (χ0) is 15.8. The highest BCUT2D eigenvalue weighted by Gasteiger charge is 2.34. The molecule has 1 heterocycles. The van der Waals surface area contributed by atoms with Gasteiger partial charge in [-0.25, -0.2) is 0 Å². The van der Waals surface area contributed by atoms with Crippen molar-refractivity contribution >= 4 is 29.0 Å². The molecule has 1 fully saturated rings. The molecule has 2 unspecified atom stereocenters. The molecule has 0 aromatic rings. The first kappa shape index (κ1) is 17.8. The van der Waals surface area contributed by atoms with Crippen LogP contribution in [0, 0.1) is 11.8 Å². The molecular formula is C14H25N3O3S. The Balaban J connectivity index is 2.30. The molecule has 7 heteroatoms. The lowest BCUT2D eigenvalue weighted by Gasteiger charge is -2.10. The Morgan fingerprint density at radius 3 is 2.95 bits per heavy atom. The van der Waals surface area contributed by atoms with Crippen molar-refractivity contribution in [2.24, 2.45) is 22.7 Å². The predicted octanol–water partition coefficient (Wildman–Crippen LogP) is 1.58. The number of ether oxygens (including phenoxy) is 2. The SMILES string of the molecule is CC(CC1CC(COCCC(C)C)OC1=O)=NNC(N)=S. The lowest BCUT2D eigenvalue weighted by molar-refractivity contribution is -0.146. The van der Waals surface area contributed by atoms with Gasteiger partial charge in [0.25, 0.3) is 0 Å². The maximum Gasteiger partial charge on any atom is 0.309 e. The number of rotatable bonds is 8. The molecule has 0 bridgehead atoms. The summed E-state index contributed by atoms with van der Waals surface area (Å²) in [4.78, 5) is 11.8. The number of hydrogen-bond donors (Lipinski definition) is 2. The third-order valence-corrected chi connectivity index (χ3v) is 3.30. The summed E-state index contributed by atoms with van der Waals surface area (Å²) >= 11 is 4.67. The minimum atomic E-state index is -0.183. The van der Waals surface area contributed by atoms with Crippen LogP contribution < -0.4 is 11.2 Å². The molecule has 0 saturated carbocycles. The first-order valence-corrected chi connectivity index (χ1v) is 7.66. The van der Waals surface area contributed by atoms with Gasteiger partial charge in [-0.15, -0.1) is 0 Å². The highest BCUT2D eigenvalue weighted by molar-refractivity contribution is 7.80. The molecule has 0 amide bonds. The van der Waals surface area contributed by atoms with E-state index in [4.69, 9.17) is 15.2 Å². The molecule has 0 radical (unpaired) electrons. The Bertz CT molecular complexity index is 399. The van der Waals surface area contributed by atoms with E-state index in [2.05, 4.69) is 36.6 Å². The second kappa shape index (κ2) is 8.94. The van der Waals surface area contributed by atoms with Gasteiger partial charge >= 0.3 is 5.97 Å². The van der Waals surface area contributed by atoms with E-state index < -0.39 is 0 Å². The molecule has 0 aromatic heterocycles. The molecule has 6 nitrogen and oxygen atoms in total. The molecule has 1 aliphatic rings. The predicted molar refractivity (Wildman–Crippen MR) is 85.9 cm³/mol. The fourth-order valence-corrected chi connectivity index (χ4v) is 2.12. The van der Waals surface area contributed by atoms with E-state index in [1.165, 1.54) is 0 Å². The Kier molecular flexibility index (Phi) is 7.60. The lowest BCUT2D eigenvalue weighted by Crippen LogP contribution is -2.25. The van der Waals surface area contributed by atoms with Crippen LogP contribution in [-0.4, -0.2) is 36.1 Å². The lowest BCUT2D eigenvalue weighted by atomic mass is 9.99. The quantitative estimate of drug-likeness (QED) is 0.232. The van der Waals surface area contributed by atoms with Gasteiger partial charge in [0.2, 0.25) is 0 Å². The van der Waals surface area contributed by atoms with Gasteiger partial charge < -0.3 is 15.2 Å². The number of carbonyl (C=O) groups is 1. The largest absolute Gasteiger partial charge is 0.460 e. The van der Waals surface area contributed by atoms with Crippen LogP contribution in [0.4, 0.5) is 0 Å². The Labute approximate surface area is 131 Å². The van der Waals surface area contributed by atoms with Gasteiger partial charge in [-0.05, 0) is 31.5 Å². The summed E-state index contributed by atoms with van der Waals surface area (Å²) in [6.45, 7) is 7.30. The number of nitrogens with two attached hydrogens (primary N) is 1. The molecule has 2 atom stereocenters. The van der Waals surface area contributed by atoms with Crippen LogP contribution in [0.2, 0.25) is 0 Å². The molecule has 0 aromatic carbocycles. The van der Waals surface area contributed by atoms with Crippen molar-refractivity contribution in [3.8, 4) is 0 Å². The molecule has 3 N–H and O–H groups in total. The summed E-state index contributed by atoms with van der Waals surface area (Å²) in [6, 6.07) is 0. The van der Waals surface area contributed by atoms with Crippen LogP contribution in [0.1, 0.15) is 40.0 Å². The monoisotopic (exact) mass is 315 g/mol. The van der Waals surface area contributed by atoms with Gasteiger partial charge in [0.1, 0.15) is 6.10 Å². The van der Waals surface area contributed by atoms with Gasteiger partial charge in [0.05, 0.1) is 12.5 Å². The van der Waals surface area contributed by atoms with Crippen LogP contribution in [0.15, 0.2) is 5.10 Å². The molecule has 1 saturated heterocycles. The number of nitrogens with one attached hydrogen (secondary N) is 1. The van der Waals surface area contributed by atoms with E-state index in [0.29, 0.717) is 32.0 Å². The molecule has 0 aliphatic carbocycles. The van der Waals surface area contributed by atoms with Gasteiger partial charge in [-0.3, -0.25) is 10.2 Å². The minimum Gasteiger partial charge on any atom is -0.460 e. The topological polar surface area (TPSA) is 85.9 Å². The van der Waals surface area contributed by atoms with E-state index in [9.17, 15) is 4.79 Å². The third kappa shape index (κ3) is 7.38. The zero-order valence-corrected chi connectivity index (χ0v) is 13.7. The van der Waals surface area contributed by atoms with Crippen molar-refractivity contribution in [3.05, 3.63) is 0 Å². The first-order chi connectivity index (χ1) is 9.88. The van der Waals surface area contributed by atoms with E-state index >= 15 is 0 Å². The molecule has 0 spiro atoms. The van der Waals surface area contributed by atoms with Crippen molar-refractivity contribution in [2.75, 3.05) is 13.2 Å². The fourth-order valence-electron chi connectivity index (χ4n) is 2.08. The number of hydrazone groups is 1. The number of esters is 1. The number of carbonyl (C=O) groups excluding carboxylic acids is 1. The first-order valence-electron chi connectivity index (χ1n) is 7.25. The van der Waals surface area contributed by atoms with Gasteiger partial charge in [-0.1, -0.05) is 13.8 Å². The number of nitrogens with zero attached hydrogens (tertiary/aromatic N) is 1. The summed E-state index contributed by atoms with van der Waals surface area (Å²) in [5.74, 6) is 0.266. The van der Waals surface area contributed by atoms with Crippen LogP contribution in [-0.2, 0) is 14.3 Å². The van der Waals surface area contributed by atoms with Crippen LogP contribution in [0.25, 0.3) is 0 Å². The fraction of sp³-hybridized carbons (Fsp3) is 0.786. The van der Waals surface area contributed by atoms with E-state index in [0.717, 1.165) is 12.1 Å². The summed E-state index contributed by atoms with van der Waals surface area (Å²) < 4.78 is 10.9. The smallest absolute Gasteiger partial charge is 0.309 e. The molecule has 1 aliphatic heterocycles. The standard InChI is InChI=1S/C14H25N3O3S/c1-9(2)4-5-19-8-12-7-11(13(18)20-12)6-10(3)16-17-14(15)21/h9,11-12H,4-8H2,1-3H3,(H3,15,17,21). The summed E-state index contributed by atoms with van der Waals surface area (Å²) in [5.41, 5.74) is 8.58. The Morgan fingerprint density at radius 1 is 1.62 bits per heavy atom. The van der Waals surface area contributed by atoms with Crippen molar-refractivity contribution in [2.45, 2.75) is 46.1 Å². The van der Waals surface area contributed by atoms with Gasteiger partial charge in [-0.2, -0.15) is 5.10 Å². The molecule has 1 rings (SSSR count). The molecule has 21 heavy (non-hydrogen) atoms. The van der Waals surface area contributed by atoms with Crippen molar-refractivity contribution < 1.29 is 14.3 Å². The minimum absolute atomic E-state index is 0.111. The summed E-state index contributed by atoms with van der Waals surface area (Å²) in [7, 11) is 0. The second-order valence-corrected chi connectivity index (χ2v) is 6.22.